The maximum atomic E-state index is 11.9. The first kappa shape index (κ1) is 10.0. The van der Waals surface area contributed by atoms with Gasteiger partial charge in [-0.1, -0.05) is 18.2 Å². The summed E-state index contributed by atoms with van der Waals surface area (Å²) >= 11 is 0. The van der Waals surface area contributed by atoms with Crippen LogP contribution in [0.15, 0.2) is 36.7 Å². The average molecular weight is 216 g/mol. The van der Waals surface area contributed by atoms with Crippen LogP contribution in [0.1, 0.15) is 21.0 Å². The van der Waals surface area contributed by atoms with Crippen LogP contribution >= 0.6 is 0 Å². The molecule has 1 heterocycles. The summed E-state index contributed by atoms with van der Waals surface area (Å²) in [4.78, 5) is 26.5. The molecule has 2 aromatic rings. The first-order valence-electron chi connectivity index (χ1n) is 4.49. The Hall–Kier alpha value is -2.50. The highest BCUT2D eigenvalue weighted by Gasteiger charge is 2.17. The summed E-state index contributed by atoms with van der Waals surface area (Å²) in [6.07, 6.45) is 1.11. The fraction of sp³-hybridized carbons (Fsp3) is 0. The van der Waals surface area contributed by atoms with Crippen molar-refractivity contribution < 1.29 is 9.59 Å². The molecule has 2 rings (SSSR count). The van der Waals surface area contributed by atoms with Gasteiger partial charge < -0.3 is 5.73 Å². The van der Waals surface area contributed by atoms with Crippen molar-refractivity contribution in [2.24, 2.45) is 5.73 Å². The molecule has 0 aliphatic carbocycles. The second-order valence-corrected chi connectivity index (χ2v) is 3.03. The first-order valence-corrected chi connectivity index (χ1v) is 4.49. The van der Waals surface area contributed by atoms with Gasteiger partial charge in [-0.15, -0.1) is 0 Å². The Kier molecular flexibility index (Phi) is 2.47. The van der Waals surface area contributed by atoms with Crippen LogP contribution in [0.4, 0.5) is 0 Å². The van der Waals surface area contributed by atoms with E-state index in [4.69, 9.17) is 5.73 Å². The van der Waals surface area contributed by atoms with Crippen molar-refractivity contribution in [2.75, 3.05) is 0 Å². The molecule has 0 atom stereocenters. The summed E-state index contributed by atoms with van der Waals surface area (Å²) in [5.74, 6) is -1.40. The highest BCUT2D eigenvalue weighted by atomic mass is 16.2. The normalized spacial score (nSPS) is 10.0. The van der Waals surface area contributed by atoms with Gasteiger partial charge in [0, 0.05) is 5.56 Å². The van der Waals surface area contributed by atoms with E-state index in [1.165, 1.54) is 0 Å². The molecule has 0 saturated carbocycles. The number of hydrogen-bond donors (Lipinski definition) is 1. The molecule has 0 bridgehead atoms. The monoisotopic (exact) mass is 216 g/mol. The number of amides is 1. The van der Waals surface area contributed by atoms with Gasteiger partial charge in [-0.3, -0.25) is 9.59 Å². The van der Waals surface area contributed by atoms with Gasteiger partial charge in [0.2, 0.25) is 5.82 Å². The van der Waals surface area contributed by atoms with Crippen molar-refractivity contribution in [2.45, 2.75) is 0 Å². The van der Waals surface area contributed by atoms with E-state index in [-0.39, 0.29) is 5.82 Å². The molecule has 0 aliphatic rings. The number of aromatic nitrogens is 3. The average Bonchev–Trinajstić information content (AvgIpc) is 2.78. The molecule has 0 fully saturated rings. The predicted molar refractivity (Wildman–Crippen MR) is 54.7 cm³/mol. The van der Waals surface area contributed by atoms with Crippen LogP contribution in [0, 0.1) is 0 Å². The van der Waals surface area contributed by atoms with Crippen molar-refractivity contribution >= 4 is 11.8 Å². The van der Waals surface area contributed by atoms with Gasteiger partial charge in [-0.25, -0.2) is 4.98 Å². The molecule has 1 aromatic heterocycles. The van der Waals surface area contributed by atoms with Gasteiger partial charge in [0.15, 0.2) is 0 Å². The van der Waals surface area contributed by atoms with Crippen LogP contribution in [0.5, 0.6) is 0 Å². The molecule has 80 valence electrons. The van der Waals surface area contributed by atoms with Gasteiger partial charge in [0.05, 0.1) is 0 Å². The minimum Gasteiger partial charge on any atom is -0.363 e. The molecule has 1 aromatic carbocycles. The van der Waals surface area contributed by atoms with E-state index in [1.54, 1.807) is 30.3 Å². The van der Waals surface area contributed by atoms with E-state index in [9.17, 15) is 9.59 Å². The Labute approximate surface area is 90.7 Å². The fourth-order valence-electron chi connectivity index (χ4n) is 1.26. The SMILES string of the molecule is NC(=O)c1ncnn1C(=O)c1ccccc1. The lowest BCUT2D eigenvalue weighted by Crippen LogP contribution is -2.24. The number of benzene rings is 1. The lowest BCUT2D eigenvalue weighted by Gasteiger charge is -2.01. The molecule has 2 N–H and O–H groups in total. The number of carbonyl (C=O) groups excluding carboxylic acids is 2. The van der Waals surface area contributed by atoms with E-state index in [2.05, 4.69) is 10.1 Å². The molecule has 0 saturated heterocycles. The van der Waals surface area contributed by atoms with Crippen molar-refractivity contribution in [3.8, 4) is 0 Å². The summed E-state index contributed by atoms with van der Waals surface area (Å²) in [5.41, 5.74) is 5.47. The highest BCUT2D eigenvalue weighted by Crippen LogP contribution is 2.03. The van der Waals surface area contributed by atoms with Crippen LogP contribution in [-0.4, -0.2) is 26.6 Å². The van der Waals surface area contributed by atoms with Crippen LogP contribution < -0.4 is 5.73 Å². The van der Waals surface area contributed by atoms with Gasteiger partial charge in [-0.05, 0) is 12.1 Å². The quantitative estimate of drug-likeness (QED) is 0.768. The molecule has 1 amide bonds. The number of carbonyl (C=O) groups is 2. The van der Waals surface area contributed by atoms with Gasteiger partial charge in [-0.2, -0.15) is 9.78 Å². The molecule has 0 radical (unpaired) electrons. The van der Waals surface area contributed by atoms with Crippen LogP contribution in [0.3, 0.4) is 0 Å². The molecule has 0 aliphatic heterocycles. The molecular formula is C10H8N4O2. The Morgan fingerprint density at radius 2 is 1.88 bits per heavy atom. The van der Waals surface area contributed by atoms with E-state index in [1.807, 2.05) is 0 Å². The molecule has 0 unspecified atom stereocenters. The zero-order chi connectivity index (χ0) is 11.5. The maximum Gasteiger partial charge on any atom is 0.286 e. The van der Waals surface area contributed by atoms with Crippen molar-refractivity contribution in [3.63, 3.8) is 0 Å². The van der Waals surface area contributed by atoms with Gasteiger partial charge in [0.1, 0.15) is 6.33 Å². The van der Waals surface area contributed by atoms with Crippen molar-refractivity contribution in [1.29, 1.82) is 0 Å². The van der Waals surface area contributed by atoms with Crippen molar-refractivity contribution in [3.05, 3.63) is 48.0 Å². The summed E-state index contributed by atoms with van der Waals surface area (Å²) in [7, 11) is 0. The molecular weight excluding hydrogens is 208 g/mol. The number of nitrogens with two attached hydrogens (primary N) is 1. The smallest absolute Gasteiger partial charge is 0.286 e. The van der Waals surface area contributed by atoms with Gasteiger partial charge >= 0.3 is 0 Å². The fourth-order valence-corrected chi connectivity index (χ4v) is 1.26. The van der Waals surface area contributed by atoms with Crippen LogP contribution in [0.25, 0.3) is 0 Å². The summed E-state index contributed by atoms with van der Waals surface area (Å²) in [6.45, 7) is 0. The minimum absolute atomic E-state index is 0.172. The Morgan fingerprint density at radius 3 is 2.50 bits per heavy atom. The molecule has 6 nitrogen and oxygen atoms in total. The van der Waals surface area contributed by atoms with E-state index in [0.29, 0.717) is 5.56 Å². The Bertz CT molecular complexity index is 533. The molecule has 0 spiro atoms. The maximum absolute atomic E-state index is 11.9. The van der Waals surface area contributed by atoms with Gasteiger partial charge in [0.25, 0.3) is 11.8 Å². The number of rotatable bonds is 2. The standard InChI is InChI=1S/C10H8N4O2/c11-8(15)9-12-6-13-14(9)10(16)7-4-2-1-3-5-7/h1-6H,(H2,11,15). The Balaban J connectivity index is 2.42. The van der Waals surface area contributed by atoms with Crippen LogP contribution in [0.2, 0.25) is 0 Å². The van der Waals surface area contributed by atoms with E-state index >= 15 is 0 Å². The second kappa shape index (κ2) is 3.93. The lowest BCUT2D eigenvalue weighted by molar-refractivity contribution is 0.0906. The first-order chi connectivity index (χ1) is 7.70. The van der Waals surface area contributed by atoms with Crippen molar-refractivity contribution in [1.82, 2.24) is 14.8 Å². The predicted octanol–water partition coefficient (Wildman–Crippen LogP) is 0.0655. The lowest BCUT2D eigenvalue weighted by atomic mass is 10.2. The molecule has 16 heavy (non-hydrogen) atoms. The number of hydrogen-bond acceptors (Lipinski definition) is 4. The zero-order valence-corrected chi connectivity index (χ0v) is 8.20. The highest BCUT2D eigenvalue weighted by molar-refractivity contribution is 6.00. The number of nitrogens with zero attached hydrogens (tertiary/aromatic N) is 3. The van der Waals surface area contributed by atoms with E-state index in [0.717, 1.165) is 11.0 Å². The third-order valence-corrected chi connectivity index (χ3v) is 1.98. The largest absolute Gasteiger partial charge is 0.363 e. The molecule has 6 heteroatoms. The Morgan fingerprint density at radius 1 is 1.19 bits per heavy atom. The van der Waals surface area contributed by atoms with E-state index < -0.39 is 11.8 Å². The summed E-state index contributed by atoms with van der Waals surface area (Å²) in [6, 6.07) is 8.46. The zero-order valence-electron chi connectivity index (χ0n) is 8.20. The third kappa shape index (κ3) is 1.68. The topological polar surface area (TPSA) is 90.9 Å². The van der Waals surface area contributed by atoms with Crippen LogP contribution in [-0.2, 0) is 0 Å². The summed E-state index contributed by atoms with van der Waals surface area (Å²) < 4.78 is 0.887. The second-order valence-electron chi connectivity index (χ2n) is 3.03. The summed E-state index contributed by atoms with van der Waals surface area (Å²) in [5, 5.41) is 3.67. The third-order valence-electron chi connectivity index (χ3n) is 1.98. The number of primary amides is 1. The minimum atomic E-state index is -0.790.